The number of carbonyl (C=O) groups excluding carboxylic acids is 1. The van der Waals surface area contributed by atoms with Crippen LogP contribution >= 0.6 is 0 Å². The summed E-state index contributed by atoms with van der Waals surface area (Å²) in [6.45, 7) is 0.627. The third-order valence-corrected chi connectivity index (χ3v) is 3.54. The molecule has 0 saturated heterocycles. The van der Waals surface area contributed by atoms with Crippen molar-refractivity contribution in [3.05, 3.63) is 65.9 Å². The van der Waals surface area contributed by atoms with E-state index in [1.54, 1.807) is 36.7 Å². The normalized spacial score (nSPS) is 10.9. The van der Waals surface area contributed by atoms with Gasteiger partial charge in [-0.3, -0.25) is 9.78 Å². The van der Waals surface area contributed by atoms with Gasteiger partial charge >= 0.3 is 0 Å². The molecular formula is C18H18FN5O. The van der Waals surface area contributed by atoms with Crippen LogP contribution in [0.5, 0.6) is 0 Å². The van der Waals surface area contributed by atoms with Gasteiger partial charge in [0, 0.05) is 30.7 Å². The molecule has 0 aliphatic carbocycles. The zero-order chi connectivity index (χ0) is 17.8. The number of aromatic amines is 1. The van der Waals surface area contributed by atoms with E-state index < -0.39 is 11.7 Å². The van der Waals surface area contributed by atoms with Gasteiger partial charge in [-0.25, -0.2) is 9.37 Å². The number of imidazole rings is 1. The third kappa shape index (κ3) is 4.07. The predicted molar refractivity (Wildman–Crippen MR) is 93.6 cm³/mol. The largest absolute Gasteiger partial charge is 0.343 e. The van der Waals surface area contributed by atoms with Gasteiger partial charge in [-0.2, -0.15) is 0 Å². The number of carbonyl (C=O) groups is 1. The number of anilines is 1. The van der Waals surface area contributed by atoms with Crippen LogP contribution in [0.1, 0.15) is 15.9 Å². The van der Waals surface area contributed by atoms with E-state index in [1.807, 2.05) is 19.0 Å². The van der Waals surface area contributed by atoms with E-state index >= 15 is 0 Å². The van der Waals surface area contributed by atoms with Gasteiger partial charge in [-0.1, -0.05) is 6.07 Å². The number of H-pyrrole nitrogens is 1. The molecule has 0 atom stereocenters. The first kappa shape index (κ1) is 16.8. The molecule has 7 heteroatoms. The Balaban J connectivity index is 1.77. The maximum Gasteiger partial charge on any atom is 0.255 e. The van der Waals surface area contributed by atoms with Gasteiger partial charge in [0.1, 0.15) is 11.5 Å². The van der Waals surface area contributed by atoms with Crippen LogP contribution in [0.15, 0.2) is 48.9 Å². The van der Waals surface area contributed by atoms with Crippen molar-refractivity contribution in [2.75, 3.05) is 19.4 Å². The van der Waals surface area contributed by atoms with Gasteiger partial charge in [0.25, 0.3) is 5.91 Å². The van der Waals surface area contributed by atoms with E-state index in [4.69, 9.17) is 0 Å². The van der Waals surface area contributed by atoms with Gasteiger partial charge in [0.15, 0.2) is 5.82 Å². The van der Waals surface area contributed by atoms with Crippen molar-refractivity contribution in [1.29, 1.82) is 0 Å². The van der Waals surface area contributed by atoms with Crippen molar-refractivity contribution in [2.24, 2.45) is 0 Å². The van der Waals surface area contributed by atoms with Crippen LogP contribution in [0.2, 0.25) is 0 Å². The second-order valence-electron chi connectivity index (χ2n) is 5.87. The second kappa shape index (κ2) is 7.23. The maximum atomic E-state index is 14.2. The Morgan fingerprint density at radius 2 is 2.04 bits per heavy atom. The lowest BCUT2D eigenvalue weighted by Crippen LogP contribution is -2.14. The van der Waals surface area contributed by atoms with Crippen LogP contribution < -0.4 is 5.32 Å². The molecule has 2 heterocycles. The summed E-state index contributed by atoms with van der Waals surface area (Å²) >= 11 is 0. The minimum absolute atomic E-state index is 0.142. The number of aromatic nitrogens is 3. The molecule has 2 N–H and O–H groups in total. The molecule has 3 aromatic rings. The molecule has 0 aliphatic rings. The number of nitrogens with zero attached hydrogens (tertiary/aromatic N) is 3. The highest BCUT2D eigenvalue weighted by Gasteiger charge is 2.12. The summed E-state index contributed by atoms with van der Waals surface area (Å²) in [6, 6.07) is 7.96. The molecule has 0 unspecified atom stereocenters. The van der Waals surface area contributed by atoms with Crippen LogP contribution in [0.4, 0.5) is 10.1 Å². The number of hydrogen-bond donors (Lipinski definition) is 2. The first-order valence-corrected chi connectivity index (χ1v) is 7.73. The third-order valence-electron chi connectivity index (χ3n) is 3.54. The lowest BCUT2D eigenvalue weighted by atomic mass is 10.1. The molecule has 1 aromatic carbocycles. The van der Waals surface area contributed by atoms with Crippen LogP contribution in [0, 0.1) is 5.82 Å². The number of rotatable bonds is 5. The topological polar surface area (TPSA) is 73.9 Å². The maximum absolute atomic E-state index is 14.2. The highest BCUT2D eigenvalue weighted by Crippen LogP contribution is 2.19. The fourth-order valence-corrected chi connectivity index (χ4v) is 2.42. The van der Waals surface area contributed by atoms with Gasteiger partial charge in [0.2, 0.25) is 0 Å². The van der Waals surface area contributed by atoms with Crippen molar-refractivity contribution in [3.63, 3.8) is 0 Å². The molecule has 6 nitrogen and oxygen atoms in total. The number of halogens is 1. The Labute approximate surface area is 144 Å². The standard InChI is InChI=1S/C18H18FN5O/c1-24(2)11-12-3-4-15(14(19)9-12)23-18(25)13-5-6-20-16(10-13)17-21-7-8-22-17/h3-10H,11H2,1-2H3,(H,21,22)(H,23,25). The van der Waals surface area contributed by atoms with Gasteiger partial charge in [-0.15, -0.1) is 0 Å². The lowest BCUT2D eigenvalue weighted by molar-refractivity contribution is 0.102. The molecule has 128 valence electrons. The number of pyridine rings is 1. The van der Waals surface area contributed by atoms with E-state index in [2.05, 4.69) is 20.3 Å². The summed E-state index contributed by atoms with van der Waals surface area (Å²) in [4.78, 5) is 25.6. The Kier molecular flexibility index (Phi) is 4.85. The fraction of sp³-hybridized carbons (Fsp3) is 0.167. The van der Waals surface area contributed by atoms with Gasteiger partial charge in [0.05, 0.1) is 5.69 Å². The number of amides is 1. The molecule has 0 radical (unpaired) electrons. The summed E-state index contributed by atoms with van der Waals surface area (Å²) in [7, 11) is 3.82. The molecule has 25 heavy (non-hydrogen) atoms. The van der Waals surface area contributed by atoms with Crippen molar-refractivity contribution in [2.45, 2.75) is 6.54 Å². The minimum atomic E-state index is -0.465. The van der Waals surface area contributed by atoms with E-state index in [-0.39, 0.29) is 5.69 Å². The molecule has 2 aromatic heterocycles. The Bertz CT molecular complexity index is 877. The van der Waals surface area contributed by atoms with Crippen molar-refractivity contribution < 1.29 is 9.18 Å². The summed E-state index contributed by atoms with van der Waals surface area (Å²) in [5, 5.41) is 2.59. The zero-order valence-corrected chi connectivity index (χ0v) is 14.0. The lowest BCUT2D eigenvalue weighted by Gasteiger charge is -2.12. The van der Waals surface area contributed by atoms with Crippen LogP contribution in [0.3, 0.4) is 0 Å². The van der Waals surface area contributed by atoms with E-state index in [1.165, 1.54) is 12.3 Å². The fourth-order valence-electron chi connectivity index (χ4n) is 2.42. The molecule has 1 amide bonds. The van der Waals surface area contributed by atoms with Crippen LogP contribution in [-0.2, 0) is 6.54 Å². The average Bonchev–Trinajstić information content (AvgIpc) is 3.11. The molecule has 0 saturated carbocycles. The molecule has 0 aliphatic heterocycles. The van der Waals surface area contributed by atoms with E-state index in [0.29, 0.717) is 23.6 Å². The SMILES string of the molecule is CN(C)Cc1ccc(NC(=O)c2ccnc(-c3ncc[nH]3)c2)c(F)c1. The first-order valence-electron chi connectivity index (χ1n) is 7.73. The number of benzene rings is 1. The number of nitrogens with one attached hydrogen (secondary N) is 2. The molecule has 0 fully saturated rings. The van der Waals surface area contributed by atoms with E-state index in [9.17, 15) is 9.18 Å². The Hall–Kier alpha value is -3.06. The Morgan fingerprint density at radius 1 is 1.20 bits per heavy atom. The second-order valence-corrected chi connectivity index (χ2v) is 5.87. The van der Waals surface area contributed by atoms with Crippen molar-refractivity contribution in [3.8, 4) is 11.5 Å². The zero-order valence-electron chi connectivity index (χ0n) is 14.0. The monoisotopic (exact) mass is 339 g/mol. The Morgan fingerprint density at radius 3 is 2.72 bits per heavy atom. The molecule has 0 spiro atoms. The highest BCUT2D eigenvalue weighted by molar-refractivity contribution is 6.04. The molecule has 0 bridgehead atoms. The highest BCUT2D eigenvalue weighted by atomic mass is 19.1. The van der Waals surface area contributed by atoms with E-state index in [0.717, 1.165) is 5.56 Å². The smallest absolute Gasteiger partial charge is 0.255 e. The quantitative estimate of drug-likeness (QED) is 0.749. The minimum Gasteiger partial charge on any atom is -0.343 e. The van der Waals surface area contributed by atoms with Crippen LogP contribution in [-0.4, -0.2) is 39.9 Å². The average molecular weight is 339 g/mol. The van der Waals surface area contributed by atoms with Crippen LogP contribution in [0.25, 0.3) is 11.5 Å². The number of hydrogen-bond acceptors (Lipinski definition) is 4. The first-order chi connectivity index (χ1) is 12.0. The predicted octanol–water partition coefficient (Wildman–Crippen LogP) is 2.92. The molecule has 3 rings (SSSR count). The van der Waals surface area contributed by atoms with Gasteiger partial charge < -0.3 is 15.2 Å². The summed E-state index contributed by atoms with van der Waals surface area (Å²) in [5.74, 6) is -0.309. The van der Waals surface area contributed by atoms with Crippen molar-refractivity contribution in [1.82, 2.24) is 19.9 Å². The summed E-state index contributed by atoms with van der Waals surface area (Å²) in [5.41, 5.74) is 1.89. The van der Waals surface area contributed by atoms with Crippen molar-refractivity contribution >= 4 is 11.6 Å². The molecular weight excluding hydrogens is 321 g/mol. The summed E-state index contributed by atoms with van der Waals surface area (Å²) in [6.07, 6.45) is 4.80. The summed E-state index contributed by atoms with van der Waals surface area (Å²) < 4.78 is 14.2. The van der Waals surface area contributed by atoms with Gasteiger partial charge in [-0.05, 0) is 43.9 Å².